The number of nitrogens with two attached hydrogens (primary N) is 1. The first kappa shape index (κ1) is 16.4. The molecule has 0 spiro atoms. The monoisotopic (exact) mass is 248 g/mol. The van der Waals surface area contributed by atoms with Crippen LogP contribution in [0.5, 0.6) is 0 Å². The average molecular weight is 248 g/mol. The smallest absolute Gasteiger partial charge is 0.168 e. The van der Waals surface area contributed by atoms with Gasteiger partial charge in [0.1, 0.15) is 0 Å². The molecule has 3 heteroatoms. The van der Waals surface area contributed by atoms with E-state index in [1.54, 1.807) is 12.1 Å². The molecule has 1 aromatic rings. The number of benzene rings is 1. The van der Waals surface area contributed by atoms with E-state index in [0.29, 0.717) is 17.2 Å². The van der Waals surface area contributed by atoms with Crippen LogP contribution >= 0.6 is 0 Å². The minimum absolute atomic E-state index is 0.00544. The molecule has 18 heavy (non-hydrogen) atoms. The van der Waals surface area contributed by atoms with Gasteiger partial charge in [-0.3, -0.25) is 4.79 Å². The fourth-order valence-corrected chi connectivity index (χ4v) is 1.42. The summed E-state index contributed by atoms with van der Waals surface area (Å²) in [7, 11) is 0. The molecule has 0 heterocycles. The lowest BCUT2D eigenvalue weighted by molar-refractivity contribution is 0.0900. The number of para-hydroxylation sites is 1. The second-order valence-corrected chi connectivity index (χ2v) is 4.19. The summed E-state index contributed by atoms with van der Waals surface area (Å²) in [6.45, 7) is 10.0. The summed E-state index contributed by atoms with van der Waals surface area (Å²) in [5, 5.41) is 0. The van der Waals surface area contributed by atoms with Crippen LogP contribution < -0.4 is 5.73 Å². The molecule has 0 aliphatic carbocycles. The number of Topliss-reactive ketones (excluding diaryl/α,β-unsaturated/α-hetero) is 1. The van der Waals surface area contributed by atoms with Crippen LogP contribution in [-0.4, -0.2) is 12.1 Å². The maximum atomic E-state index is 12.2. The van der Waals surface area contributed by atoms with E-state index in [9.17, 15) is 4.79 Å². The van der Waals surface area contributed by atoms with Crippen molar-refractivity contribution in [3.8, 4) is 0 Å². The fourth-order valence-electron chi connectivity index (χ4n) is 1.42. The van der Waals surface area contributed by atoms with Crippen LogP contribution in [0.3, 0.4) is 0 Å². The van der Waals surface area contributed by atoms with Gasteiger partial charge in [0.25, 0.3) is 0 Å². The topological polar surface area (TPSA) is 55.5 Å². The number of nitrogens with zero attached hydrogens (tertiary/aromatic N) is 1. The van der Waals surface area contributed by atoms with Crippen molar-refractivity contribution < 1.29 is 4.79 Å². The van der Waals surface area contributed by atoms with Crippen LogP contribution in [0.2, 0.25) is 0 Å². The first-order chi connectivity index (χ1) is 8.57. The molecule has 0 aliphatic rings. The second kappa shape index (κ2) is 8.45. The summed E-state index contributed by atoms with van der Waals surface area (Å²) < 4.78 is 0. The quantitative estimate of drug-likeness (QED) is 0.500. The Bertz CT molecular complexity index is 397. The van der Waals surface area contributed by atoms with Crippen LogP contribution in [0, 0.1) is 11.8 Å². The summed E-state index contributed by atoms with van der Waals surface area (Å²) >= 11 is 0. The minimum atomic E-state index is -0.00544. The molecular formula is C15H24N2O. The van der Waals surface area contributed by atoms with E-state index in [4.69, 9.17) is 5.73 Å². The predicted molar refractivity (Wildman–Crippen MR) is 78.5 cm³/mol. The van der Waals surface area contributed by atoms with Gasteiger partial charge in [0.15, 0.2) is 5.78 Å². The Morgan fingerprint density at radius 1 is 1.22 bits per heavy atom. The third kappa shape index (κ3) is 4.32. The molecule has 2 N–H and O–H groups in total. The van der Waals surface area contributed by atoms with E-state index in [2.05, 4.69) is 4.99 Å². The summed E-state index contributed by atoms with van der Waals surface area (Å²) in [4.78, 5) is 16.2. The number of aliphatic imine (C=N–C) groups is 1. The molecule has 0 amide bonds. The predicted octanol–water partition coefficient (Wildman–Crippen LogP) is 3.81. The Kier molecular flexibility index (Phi) is 7.68. The van der Waals surface area contributed by atoms with Gasteiger partial charge in [0, 0.05) is 11.5 Å². The second-order valence-electron chi connectivity index (χ2n) is 4.19. The summed E-state index contributed by atoms with van der Waals surface area (Å²) in [5.74, 6) is 0.438. The molecule has 0 aromatic heterocycles. The van der Waals surface area contributed by atoms with E-state index in [1.807, 2.05) is 46.8 Å². The maximum absolute atomic E-state index is 12.2. The van der Waals surface area contributed by atoms with Crippen molar-refractivity contribution in [2.75, 3.05) is 0 Å². The van der Waals surface area contributed by atoms with Gasteiger partial charge in [-0.2, -0.15) is 0 Å². The van der Waals surface area contributed by atoms with Crippen LogP contribution in [-0.2, 0) is 0 Å². The summed E-state index contributed by atoms with van der Waals surface area (Å²) in [6, 6.07) is 7.28. The van der Waals surface area contributed by atoms with E-state index in [-0.39, 0.29) is 11.7 Å². The number of hydrogen-bond donors (Lipinski definition) is 1. The summed E-state index contributed by atoms with van der Waals surface area (Å²) in [6.07, 6.45) is 1.21. The highest BCUT2D eigenvalue weighted by Crippen LogP contribution is 2.24. The van der Waals surface area contributed by atoms with Crippen LogP contribution in [0.4, 0.5) is 5.69 Å². The third-order valence-corrected chi connectivity index (χ3v) is 2.80. The molecule has 1 aromatic carbocycles. The molecular weight excluding hydrogens is 224 g/mol. The van der Waals surface area contributed by atoms with Gasteiger partial charge >= 0.3 is 0 Å². The van der Waals surface area contributed by atoms with Crippen LogP contribution in [0.1, 0.15) is 45.0 Å². The molecule has 3 nitrogen and oxygen atoms in total. The van der Waals surface area contributed by atoms with Crippen molar-refractivity contribution >= 4 is 17.8 Å². The van der Waals surface area contributed by atoms with E-state index in [1.165, 1.54) is 6.34 Å². The Labute approximate surface area is 110 Å². The van der Waals surface area contributed by atoms with E-state index in [0.717, 1.165) is 0 Å². The Morgan fingerprint density at radius 2 is 1.78 bits per heavy atom. The molecule has 100 valence electrons. The molecule has 0 saturated carbocycles. The highest BCUT2D eigenvalue weighted by Gasteiger charge is 2.20. The third-order valence-electron chi connectivity index (χ3n) is 2.80. The molecule has 0 aliphatic heterocycles. The van der Waals surface area contributed by atoms with Crippen molar-refractivity contribution in [2.45, 2.75) is 34.6 Å². The Balaban J connectivity index is 0.00000137. The molecule has 0 fully saturated rings. The van der Waals surface area contributed by atoms with Gasteiger partial charge in [-0.25, -0.2) is 4.99 Å². The van der Waals surface area contributed by atoms with Crippen LogP contribution in [0.25, 0.3) is 0 Å². The van der Waals surface area contributed by atoms with Crippen molar-refractivity contribution in [1.29, 1.82) is 0 Å². The normalized spacial score (nSPS) is 12.1. The number of rotatable bonds is 4. The number of hydrogen-bond acceptors (Lipinski definition) is 2. The molecule has 1 unspecified atom stereocenters. The highest BCUT2D eigenvalue weighted by atomic mass is 16.1. The van der Waals surface area contributed by atoms with Gasteiger partial charge in [0.2, 0.25) is 0 Å². The number of carbonyl (C=O) groups excluding carboxylic acids is 1. The SMILES string of the molecule is CC.CC(C)C(C)C(=O)c1ccccc1N=CN. The van der Waals surface area contributed by atoms with E-state index < -0.39 is 0 Å². The molecule has 0 bridgehead atoms. The summed E-state index contributed by atoms with van der Waals surface area (Å²) in [5.41, 5.74) is 6.55. The van der Waals surface area contributed by atoms with Crippen molar-refractivity contribution in [2.24, 2.45) is 22.6 Å². The largest absolute Gasteiger partial charge is 0.390 e. The maximum Gasteiger partial charge on any atom is 0.168 e. The van der Waals surface area contributed by atoms with Crippen molar-refractivity contribution in [1.82, 2.24) is 0 Å². The van der Waals surface area contributed by atoms with Crippen molar-refractivity contribution in [3.63, 3.8) is 0 Å². The fraction of sp³-hybridized carbons (Fsp3) is 0.467. The zero-order valence-corrected chi connectivity index (χ0v) is 12.0. The molecule has 0 saturated heterocycles. The lowest BCUT2D eigenvalue weighted by Gasteiger charge is -2.15. The number of carbonyl (C=O) groups is 1. The first-order valence-electron chi connectivity index (χ1n) is 6.45. The first-order valence-corrected chi connectivity index (χ1v) is 6.45. The van der Waals surface area contributed by atoms with Gasteiger partial charge in [-0.05, 0) is 18.1 Å². The highest BCUT2D eigenvalue weighted by molar-refractivity contribution is 6.02. The minimum Gasteiger partial charge on any atom is -0.390 e. The number of ketones is 1. The van der Waals surface area contributed by atoms with Gasteiger partial charge in [-0.15, -0.1) is 0 Å². The lowest BCUT2D eigenvalue weighted by Crippen LogP contribution is -2.17. The molecule has 0 radical (unpaired) electrons. The average Bonchev–Trinajstić information content (AvgIpc) is 2.40. The zero-order valence-electron chi connectivity index (χ0n) is 12.0. The molecule has 1 rings (SSSR count). The van der Waals surface area contributed by atoms with Gasteiger partial charge in [-0.1, -0.05) is 46.8 Å². The van der Waals surface area contributed by atoms with E-state index >= 15 is 0 Å². The standard InChI is InChI=1S/C13H18N2O.C2H6/c1-9(2)10(3)13(16)11-6-4-5-7-12(11)15-8-14;1-2/h4-10H,1-3H3,(H2,14,15);1-2H3. The Hall–Kier alpha value is -1.64. The van der Waals surface area contributed by atoms with Crippen molar-refractivity contribution in [3.05, 3.63) is 29.8 Å². The lowest BCUT2D eigenvalue weighted by atomic mass is 9.89. The zero-order chi connectivity index (χ0) is 14.1. The van der Waals surface area contributed by atoms with Crippen LogP contribution in [0.15, 0.2) is 29.3 Å². The Morgan fingerprint density at radius 3 is 2.28 bits per heavy atom. The van der Waals surface area contributed by atoms with Gasteiger partial charge < -0.3 is 5.73 Å². The van der Waals surface area contributed by atoms with Gasteiger partial charge in [0.05, 0.1) is 12.0 Å². The molecule has 1 atom stereocenters.